The van der Waals surface area contributed by atoms with Crippen molar-refractivity contribution in [2.45, 2.75) is 0 Å². The number of aliphatic imine (C=N–C) groups is 1. The van der Waals surface area contributed by atoms with Crippen LogP contribution in [0.1, 0.15) is 16.8 Å². The van der Waals surface area contributed by atoms with Crippen LogP contribution in [-0.4, -0.2) is 10.7 Å². The summed E-state index contributed by atoms with van der Waals surface area (Å²) in [6.07, 6.45) is 1.55. The number of hydrogen-bond donors (Lipinski definition) is 0. The first-order valence-corrected chi connectivity index (χ1v) is 7.41. The fraction of sp³-hybridized carbons (Fsp3) is 0. The molecule has 0 saturated heterocycles. The molecule has 0 saturated carbocycles. The molecule has 2 aromatic carbocycles. The van der Waals surface area contributed by atoms with Crippen molar-refractivity contribution in [3.8, 4) is 6.07 Å². The fourth-order valence-electron chi connectivity index (χ4n) is 2.19. The van der Waals surface area contributed by atoms with Gasteiger partial charge in [0.2, 0.25) is 0 Å². The Hall–Kier alpha value is -2.96. The van der Waals surface area contributed by atoms with Crippen molar-refractivity contribution in [1.29, 1.82) is 5.26 Å². The van der Waals surface area contributed by atoms with Gasteiger partial charge in [-0.05, 0) is 6.07 Å². The Morgan fingerprint density at radius 2 is 1.52 bits per heavy atom. The van der Waals surface area contributed by atoms with Crippen molar-refractivity contribution < 1.29 is 0 Å². The van der Waals surface area contributed by atoms with Gasteiger partial charge in [-0.15, -0.1) is 0 Å². The average Bonchev–Trinajstić information content (AvgIpc) is 2.61. The Labute approximate surface area is 139 Å². The van der Waals surface area contributed by atoms with Crippen LogP contribution in [0.25, 0.3) is 0 Å². The maximum atomic E-state index is 8.91. The highest BCUT2D eigenvalue weighted by Gasteiger charge is 2.08. The van der Waals surface area contributed by atoms with Gasteiger partial charge in [-0.25, -0.2) is 9.98 Å². The van der Waals surface area contributed by atoms with E-state index in [2.05, 4.69) is 4.98 Å². The van der Waals surface area contributed by atoms with Gasteiger partial charge in [0.1, 0.15) is 6.07 Å². The van der Waals surface area contributed by atoms with E-state index in [0.717, 1.165) is 16.8 Å². The third-order valence-corrected chi connectivity index (χ3v) is 3.56. The lowest BCUT2D eigenvalue weighted by Crippen LogP contribution is -2.02. The maximum Gasteiger partial charge on any atom is 0.159 e. The van der Waals surface area contributed by atoms with Gasteiger partial charge in [0.05, 0.1) is 22.6 Å². The van der Waals surface area contributed by atoms with E-state index in [1.807, 2.05) is 66.7 Å². The summed E-state index contributed by atoms with van der Waals surface area (Å²) < 4.78 is 0. The summed E-state index contributed by atoms with van der Waals surface area (Å²) in [6, 6.07) is 23.4. The summed E-state index contributed by atoms with van der Waals surface area (Å²) in [4.78, 5) is 8.73. The maximum absolute atomic E-state index is 8.91. The van der Waals surface area contributed by atoms with E-state index in [9.17, 15) is 0 Å². The van der Waals surface area contributed by atoms with Crippen molar-refractivity contribution in [1.82, 2.24) is 4.98 Å². The van der Waals surface area contributed by atoms with Crippen LogP contribution in [0.15, 0.2) is 77.9 Å². The largest absolute Gasteiger partial charge is 0.246 e. The lowest BCUT2D eigenvalue weighted by molar-refractivity contribution is 1.25. The zero-order chi connectivity index (χ0) is 16.1. The molecule has 4 heteroatoms. The molecule has 0 fully saturated rings. The third-order valence-electron chi connectivity index (χ3n) is 3.27. The van der Waals surface area contributed by atoms with Gasteiger partial charge in [-0.1, -0.05) is 72.3 Å². The molecule has 0 bridgehead atoms. The van der Waals surface area contributed by atoms with Gasteiger partial charge in [0.25, 0.3) is 0 Å². The van der Waals surface area contributed by atoms with Crippen LogP contribution in [0.3, 0.4) is 0 Å². The van der Waals surface area contributed by atoms with Crippen LogP contribution in [0.5, 0.6) is 0 Å². The Bertz CT molecular complexity index is 840. The molecule has 0 unspecified atom stereocenters. The van der Waals surface area contributed by atoms with Crippen molar-refractivity contribution in [2.24, 2.45) is 4.99 Å². The van der Waals surface area contributed by atoms with Gasteiger partial charge in [-0.3, -0.25) is 0 Å². The number of hydrogen-bond acceptors (Lipinski definition) is 3. The molecule has 0 aliphatic carbocycles. The Morgan fingerprint density at radius 3 is 2.00 bits per heavy atom. The Morgan fingerprint density at radius 1 is 0.957 bits per heavy atom. The molecular formula is C19H12ClN3. The van der Waals surface area contributed by atoms with Crippen LogP contribution in [0.2, 0.25) is 5.02 Å². The number of aromatic nitrogens is 1. The number of benzene rings is 2. The Balaban J connectivity index is 2.13. The highest BCUT2D eigenvalue weighted by molar-refractivity contribution is 6.31. The van der Waals surface area contributed by atoms with E-state index >= 15 is 0 Å². The molecule has 0 aliphatic rings. The quantitative estimate of drug-likeness (QED) is 0.653. The Kier molecular flexibility index (Phi) is 4.46. The van der Waals surface area contributed by atoms with Gasteiger partial charge < -0.3 is 0 Å². The second kappa shape index (κ2) is 6.87. The minimum atomic E-state index is 0.201. The molecular weight excluding hydrogens is 306 g/mol. The number of rotatable bonds is 3. The highest BCUT2D eigenvalue weighted by atomic mass is 35.5. The third kappa shape index (κ3) is 3.45. The highest BCUT2D eigenvalue weighted by Crippen LogP contribution is 2.22. The normalized spacial score (nSPS) is 9.91. The predicted octanol–water partition coefficient (Wildman–Crippen LogP) is 4.78. The standard InChI is InChI=1S/C19H12ClN3/c20-17-11-16(13-22-18(17)12-21)23-19(14-7-3-1-4-8-14)15-9-5-2-6-10-15/h1-11,13H. The summed E-state index contributed by atoms with van der Waals surface area (Å²) in [5, 5.41) is 9.21. The lowest BCUT2D eigenvalue weighted by atomic mass is 10.0. The predicted molar refractivity (Wildman–Crippen MR) is 92.1 cm³/mol. The smallest absolute Gasteiger partial charge is 0.159 e. The number of nitriles is 1. The van der Waals surface area contributed by atoms with E-state index in [0.29, 0.717) is 10.7 Å². The number of halogens is 1. The molecule has 23 heavy (non-hydrogen) atoms. The molecule has 3 aromatic rings. The monoisotopic (exact) mass is 317 g/mol. The van der Waals surface area contributed by atoms with Crippen LogP contribution >= 0.6 is 11.6 Å². The molecule has 1 aromatic heterocycles. The zero-order valence-electron chi connectivity index (χ0n) is 12.1. The second-order valence-corrected chi connectivity index (χ2v) is 5.24. The summed E-state index contributed by atoms with van der Waals surface area (Å²) in [7, 11) is 0. The zero-order valence-corrected chi connectivity index (χ0v) is 12.9. The molecule has 0 spiro atoms. The van der Waals surface area contributed by atoms with Gasteiger partial charge in [0, 0.05) is 11.1 Å². The van der Waals surface area contributed by atoms with Gasteiger partial charge in [-0.2, -0.15) is 5.26 Å². The first-order valence-electron chi connectivity index (χ1n) is 7.03. The molecule has 0 N–H and O–H groups in total. The molecule has 3 nitrogen and oxygen atoms in total. The van der Waals surface area contributed by atoms with E-state index < -0.39 is 0 Å². The summed E-state index contributed by atoms with van der Waals surface area (Å²) >= 11 is 6.05. The minimum absolute atomic E-state index is 0.201. The van der Waals surface area contributed by atoms with Crippen LogP contribution in [0.4, 0.5) is 5.69 Å². The molecule has 0 radical (unpaired) electrons. The van der Waals surface area contributed by atoms with E-state index in [1.165, 1.54) is 0 Å². The van der Waals surface area contributed by atoms with Crippen LogP contribution in [-0.2, 0) is 0 Å². The van der Waals surface area contributed by atoms with E-state index in [1.54, 1.807) is 12.3 Å². The van der Waals surface area contributed by atoms with Crippen LogP contribution < -0.4 is 0 Å². The summed E-state index contributed by atoms with van der Waals surface area (Å²) in [5.41, 5.74) is 3.63. The number of nitrogens with zero attached hydrogens (tertiary/aromatic N) is 3. The minimum Gasteiger partial charge on any atom is -0.246 e. The molecule has 110 valence electrons. The number of pyridine rings is 1. The van der Waals surface area contributed by atoms with Crippen molar-refractivity contribution in [3.05, 3.63) is 94.8 Å². The molecule has 3 rings (SSSR count). The lowest BCUT2D eigenvalue weighted by Gasteiger charge is -2.08. The van der Waals surface area contributed by atoms with E-state index in [4.69, 9.17) is 21.9 Å². The first-order chi connectivity index (χ1) is 11.3. The van der Waals surface area contributed by atoms with Gasteiger partial charge in [0.15, 0.2) is 5.69 Å². The van der Waals surface area contributed by atoms with Crippen molar-refractivity contribution >= 4 is 23.0 Å². The summed E-state index contributed by atoms with van der Waals surface area (Å²) in [6.45, 7) is 0. The SMILES string of the molecule is N#Cc1ncc(N=C(c2ccccc2)c2ccccc2)cc1Cl. The topological polar surface area (TPSA) is 49.0 Å². The van der Waals surface area contributed by atoms with Crippen molar-refractivity contribution in [2.75, 3.05) is 0 Å². The molecule has 0 aliphatic heterocycles. The van der Waals surface area contributed by atoms with Gasteiger partial charge >= 0.3 is 0 Å². The fourth-order valence-corrected chi connectivity index (χ4v) is 2.39. The summed E-state index contributed by atoms with van der Waals surface area (Å²) in [5.74, 6) is 0. The van der Waals surface area contributed by atoms with E-state index in [-0.39, 0.29) is 5.69 Å². The van der Waals surface area contributed by atoms with Crippen molar-refractivity contribution in [3.63, 3.8) is 0 Å². The molecule has 1 heterocycles. The second-order valence-electron chi connectivity index (χ2n) is 4.83. The average molecular weight is 318 g/mol. The molecule has 0 atom stereocenters. The first kappa shape index (κ1) is 15.0. The van der Waals surface area contributed by atoms with Crippen LogP contribution in [0, 0.1) is 11.3 Å². The molecule has 0 amide bonds.